The molecule has 0 fully saturated rings. The Morgan fingerprint density at radius 2 is 1.77 bits per heavy atom. The fourth-order valence-corrected chi connectivity index (χ4v) is 3.88. The van der Waals surface area contributed by atoms with Gasteiger partial charge in [-0.3, -0.25) is 9.36 Å². The van der Waals surface area contributed by atoms with Gasteiger partial charge in [-0.05, 0) is 49.6 Å². The van der Waals surface area contributed by atoms with Gasteiger partial charge in [-0.25, -0.2) is 4.98 Å². The van der Waals surface area contributed by atoms with Gasteiger partial charge in [0.05, 0.1) is 18.2 Å². The zero-order valence-corrected chi connectivity index (χ0v) is 18.4. The average molecular weight is 414 g/mol. The van der Waals surface area contributed by atoms with Gasteiger partial charge in [0, 0.05) is 31.6 Å². The van der Waals surface area contributed by atoms with Gasteiger partial charge >= 0.3 is 0 Å². The number of imidazole rings is 1. The Kier molecular flexibility index (Phi) is 5.87. The Morgan fingerprint density at radius 1 is 1.00 bits per heavy atom. The van der Waals surface area contributed by atoms with E-state index in [1.807, 2.05) is 56.6 Å². The molecule has 0 radical (unpaired) electrons. The lowest BCUT2D eigenvalue weighted by Crippen LogP contribution is -2.20. The molecule has 4 aromatic rings. The molecular formula is C26H27N3O2. The Morgan fingerprint density at radius 3 is 2.48 bits per heavy atom. The zero-order valence-electron chi connectivity index (χ0n) is 18.4. The maximum absolute atomic E-state index is 12.9. The topological polar surface area (TPSA) is 49.1 Å². The van der Waals surface area contributed by atoms with E-state index in [9.17, 15) is 4.79 Å². The predicted octanol–water partition coefficient (Wildman–Crippen LogP) is 4.74. The first-order valence-electron chi connectivity index (χ1n) is 10.3. The number of pyridine rings is 1. The van der Waals surface area contributed by atoms with Crippen molar-refractivity contribution in [1.29, 1.82) is 0 Å². The van der Waals surface area contributed by atoms with Crippen LogP contribution in [-0.4, -0.2) is 21.2 Å². The third-order valence-corrected chi connectivity index (χ3v) is 5.61. The summed E-state index contributed by atoms with van der Waals surface area (Å²) in [6.45, 7) is 6.69. The third kappa shape index (κ3) is 4.37. The van der Waals surface area contributed by atoms with Crippen LogP contribution in [0.25, 0.3) is 5.69 Å². The molecule has 4 rings (SSSR count). The predicted molar refractivity (Wildman–Crippen MR) is 123 cm³/mol. The SMILES string of the molecule is COC(c1cccc(C)c1)c1cncn1Cc1cc(=O)n(-c2ccc(C)cc2)cc1C. The van der Waals surface area contributed by atoms with E-state index < -0.39 is 0 Å². The van der Waals surface area contributed by atoms with Crippen molar-refractivity contribution < 1.29 is 4.74 Å². The second-order valence-electron chi connectivity index (χ2n) is 8.00. The van der Waals surface area contributed by atoms with Crippen molar-refractivity contribution in [2.45, 2.75) is 33.4 Å². The van der Waals surface area contributed by atoms with Gasteiger partial charge in [-0.15, -0.1) is 0 Å². The Balaban J connectivity index is 1.66. The quantitative estimate of drug-likeness (QED) is 0.459. The summed E-state index contributed by atoms with van der Waals surface area (Å²) in [6, 6.07) is 18.0. The van der Waals surface area contributed by atoms with Crippen molar-refractivity contribution >= 4 is 0 Å². The zero-order chi connectivity index (χ0) is 22.0. The van der Waals surface area contributed by atoms with Gasteiger partial charge in [0.2, 0.25) is 0 Å². The first-order chi connectivity index (χ1) is 15.0. The van der Waals surface area contributed by atoms with Gasteiger partial charge in [0.15, 0.2) is 0 Å². The van der Waals surface area contributed by atoms with E-state index in [1.165, 1.54) is 11.1 Å². The van der Waals surface area contributed by atoms with Gasteiger partial charge in [-0.2, -0.15) is 0 Å². The number of benzene rings is 2. The highest BCUT2D eigenvalue weighted by atomic mass is 16.5. The van der Waals surface area contributed by atoms with Crippen molar-refractivity contribution in [3.05, 3.63) is 117 Å². The van der Waals surface area contributed by atoms with E-state index in [0.29, 0.717) is 6.54 Å². The summed E-state index contributed by atoms with van der Waals surface area (Å²) >= 11 is 0. The van der Waals surface area contributed by atoms with Crippen LogP contribution in [0.1, 0.15) is 39.6 Å². The lowest BCUT2D eigenvalue weighted by Gasteiger charge is -2.19. The fourth-order valence-electron chi connectivity index (χ4n) is 3.88. The summed E-state index contributed by atoms with van der Waals surface area (Å²) in [6.07, 6.45) is 5.31. The molecule has 0 bridgehead atoms. The highest BCUT2D eigenvalue weighted by Crippen LogP contribution is 2.26. The van der Waals surface area contributed by atoms with E-state index in [-0.39, 0.29) is 11.7 Å². The minimum absolute atomic E-state index is 0.0481. The summed E-state index contributed by atoms with van der Waals surface area (Å²) in [5.74, 6) is 0. The first-order valence-corrected chi connectivity index (χ1v) is 10.3. The second kappa shape index (κ2) is 8.74. The molecule has 2 aromatic carbocycles. The summed E-state index contributed by atoms with van der Waals surface area (Å²) < 4.78 is 9.57. The lowest BCUT2D eigenvalue weighted by atomic mass is 10.0. The molecule has 1 atom stereocenters. The van der Waals surface area contributed by atoms with Crippen molar-refractivity contribution in [3.63, 3.8) is 0 Å². The maximum atomic E-state index is 12.9. The third-order valence-electron chi connectivity index (χ3n) is 5.61. The smallest absolute Gasteiger partial charge is 0.255 e. The maximum Gasteiger partial charge on any atom is 0.255 e. The van der Waals surface area contributed by atoms with Crippen molar-refractivity contribution in [2.24, 2.45) is 0 Å². The van der Waals surface area contributed by atoms with Gasteiger partial charge < -0.3 is 9.30 Å². The highest BCUT2D eigenvalue weighted by molar-refractivity contribution is 5.37. The minimum Gasteiger partial charge on any atom is -0.370 e. The summed E-state index contributed by atoms with van der Waals surface area (Å²) in [7, 11) is 1.71. The number of methoxy groups -OCH3 is 1. The van der Waals surface area contributed by atoms with Gasteiger partial charge in [0.1, 0.15) is 6.10 Å². The molecule has 0 aliphatic heterocycles. The molecule has 0 spiro atoms. The summed E-state index contributed by atoms with van der Waals surface area (Å²) in [5, 5.41) is 0. The van der Waals surface area contributed by atoms with Crippen molar-refractivity contribution in [1.82, 2.24) is 14.1 Å². The molecule has 0 N–H and O–H groups in total. The monoisotopic (exact) mass is 413 g/mol. The Labute approximate surface area is 182 Å². The van der Waals surface area contributed by atoms with Crippen LogP contribution in [0.2, 0.25) is 0 Å². The molecular weight excluding hydrogens is 386 g/mol. The largest absolute Gasteiger partial charge is 0.370 e. The number of nitrogens with zero attached hydrogens (tertiary/aromatic N) is 3. The summed E-state index contributed by atoms with van der Waals surface area (Å²) in [4.78, 5) is 17.2. The normalized spacial score (nSPS) is 12.1. The molecule has 0 saturated heterocycles. The lowest BCUT2D eigenvalue weighted by molar-refractivity contribution is 0.130. The van der Waals surface area contributed by atoms with Crippen LogP contribution < -0.4 is 5.56 Å². The Bertz CT molecular complexity index is 1250. The number of hydrogen-bond acceptors (Lipinski definition) is 3. The molecule has 0 aliphatic carbocycles. The van der Waals surface area contributed by atoms with Crippen LogP contribution >= 0.6 is 0 Å². The number of hydrogen-bond donors (Lipinski definition) is 0. The molecule has 0 saturated carbocycles. The van der Waals surface area contributed by atoms with E-state index in [1.54, 1.807) is 24.1 Å². The molecule has 0 aliphatic rings. The minimum atomic E-state index is -0.226. The molecule has 2 heterocycles. The molecule has 31 heavy (non-hydrogen) atoms. The number of rotatable bonds is 6. The molecule has 0 amide bonds. The van der Waals surface area contributed by atoms with Gasteiger partial charge in [0.25, 0.3) is 5.56 Å². The molecule has 1 unspecified atom stereocenters. The van der Waals surface area contributed by atoms with Crippen LogP contribution in [-0.2, 0) is 11.3 Å². The molecule has 5 nitrogen and oxygen atoms in total. The van der Waals surface area contributed by atoms with E-state index in [0.717, 1.165) is 28.1 Å². The second-order valence-corrected chi connectivity index (χ2v) is 8.00. The van der Waals surface area contributed by atoms with Crippen LogP contribution in [0.3, 0.4) is 0 Å². The molecule has 2 aromatic heterocycles. The van der Waals surface area contributed by atoms with Crippen LogP contribution in [0, 0.1) is 20.8 Å². The molecule has 5 heteroatoms. The number of ether oxygens (including phenoxy) is 1. The highest BCUT2D eigenvalue weighted by Gasteiger charge is 2.19. The number of aryl methyl sites for hydroxylation is 3. The van der Waals surface area contributed by atoms with Gasteiger partial charge in [-0.1, -0.05) is 47.5 Å². The van der Waals surface area contributed by atoms with Crippen molar-refractivity contribution in [3.8, 4) is 5.69 Å². The Hall–Kier alpha value is -3.44. The fraction of sp³-hybridized carbons (Fsp3) is 0.231. The number of aromatic nitrogens is 3. The van der Waals surface area contributed by atoms with E-state index >= 15 is 0 Å². The van der Waals surface area contributed by atoms with Crippen LogP contribution in [0.4, 0.5) is 0 Å². The summed E-state index contributed by atoms with van der Waals surface area (Å²) in [5.41, 5.74) is 7.21. The van der Waals surface area contributed by atoms with E-state index in [2.05, 4.69) is 34.7 Å². The first kappa shape index (κ1) is 20.8. The van der Waals surface area contributed by atoms with Crippen molar-refractivity contribution in [2.75, 3.05) is 7.11 Å². The average Bonchev–Trinajstić information content (AvgIpc) is 3.20. The molecule has 158 valence electrons. The van der Waals surface area contributed by atoms with Crippen LogP contribution in [0.5, 0.6) is 0 Å². The van der Waals surface area contributed by atoms with E-state index in [4.69, 9.17) is 4.74 Å². The van der Waals surface area contributed by atoms with Crippen LogP contribution in [0.15, 0.2) is 78.1 Å². The standard InChI is InChI=1S/C26H27N3O2/c1-18-8-10-23(11-9-18)29-15-20(3)22(13-25(29)30)16-28-17-27-14-24(28)26(31-4)21-7-5-6-19(2)12-21/h5-15,17,26H,16H2,1-4H3.